The van der Waals surface area contributed by atoms with E-state index in [9.17, 15) is 0 Å². The van der Waals surface area contributed by atoms with Crippen molar-refractivity contribution < 1.29 is 4.42 Å². The maximum atomic E-state index is 9.13. The lowest BCUT2D eigenvalue weighted by Gasteiger charge is -1.99. The number of para-hydroxylation sites is 1. The zero-order valence-electron chi connectivity index (χ0n) is 11.7. The minimum atomic E-state index is 0.586. The molecule has 0 amide bonds. The van der Waals surface area contributed by atoms with Crippen molar-refractivity contribution in [1.29, 1.82) is 5.26 Å². The summed E-state index contributed by atoms with van der Waals surface area (Å²) in [5, 5.41) is 13.3. The minimum absolute atomic E-state index is 0.586. The molecule has 0 radical (unpaired) electrons. The lowest BCUT2D eigenvalue weighted by Crippen LogP contribution is -1.88. The van der Waals surface area contributed by atoms with Gasteiger partial charge in [0.25, 0.3) is 0 Å². The van der Waals surface area contributed by atoms with Crippen LogP contribution >= 0.6 is 0 Å². The molecule has 0 fully saturated rings. The predicted molar refractivity (Wildman–Crippen MR) is 86.5 cm³/mol. The third-order valence-corrected chi connectivity index (χ3v) is 3.10. The van der Waals surface area contributed by atoms with E-state index in [4.69, 9.17) is 9.68 Å². The summed E-state index contributed by atoms with van der Waals surface area (Å²) in [7, 11) is 0. The van der Waals surface area contributed by atoms with E-state index in [1.54, 1.807) is 12.3 Å². The molecule has 1 aromatic heterocycles. The number of nitriles is 1. The molecule has 106 valence electrons. The summed E-state index contributed by atoms with van der Waals surface area (Å²) in [6.45, 7) is 0. The highest BCUT2D eigenvalue weighted by molar-refractivity contribution is 5.78. The molecule has 0 atom stereocenters. The van der Waals surface area contributed by atoms with Crippen molar-refractivity contribution in [2.24, 2.45) is 5.10 Å². The van der Waals surface area contributed by atoms with Crippen molar-refractivity contribution in [3.8, 4) is 17.4 Å². The molecule has 0 aliphatic carbocycles. The topological polar surface area (TPSA) is 61.3 Å². The molecular formula is C18H13N3O. The molecule has 0 saturated heterocycles. The molecule has 1 heterocycles. The zero-order chi connectivity index (χ0) is 15.2. The van der Waals surface area contributed by atoms with Crippen LogP contribution in [-0.4, -0.2) is 6.21 Å². The first-order valence-corrected chi connectivity index (χ1v) is 6.80. The number of rotatable bonds is 4. The quantitative estimate of drug-likeness (QED) is 0.576. The summed E-state index contributed by atoms with van der Waals surface area (Å²) < 4.78 is 5.71. The average molecular weight is 287 g/mol. The van der Waals surface area contributed by atoms with Gasteiger partial charge in [-0.1, -0.05) is 30.3 Å². The first kappa shape index (κ1) is 13.7. The highest BCUT2D eigenvalue weighted by Gasteiger charge is 2.07. The molecule has 3 rings (SSSR count). The summed E-state index contributed by atoms with van der Waals surface area (Å²) in [6, 6.07) is 22.8. The second-order valence-corrected chi connectivity index (χ2v) is 4.60. The van der Waals surface area contributed by atoms with Gasteiger partial charge in [0, 0.05) is 5.56 Å². The second kappa shape index (κ2) is 6.42. The number of anilines is 1. The zero-order valence-corrected chi connectivity index (χ0v) is 11.7. The highest BCUT2D eigenvalue weighted by Crippen LogP contribution is 2.24. The first-order valence-electron chi connectivity index (χ1n) is 6.80. The van der Waals surface area contributed by atoms with Gasteiger partial charge in [0.1, 0.15) is 11.5 Å². The van der Waals surface area contributed by atoms with Gasteiger partial charge in [0.05, 0.1) is 23.5 Å². The van der Waals surface area contributed by atoms with E-state index in [0.717, 1.165) is 11.3 Å². The van der Waals surface area contributed by atoms with Gasteiger partial charge < -0.3 is 4.42 Å². The molecule has 0 unspecified atom stereocenters. The summed E-state index contributed by atoms with van der Waals surface area (Å²) in [5.74, 6) is 1.27. The number of hydrogen-bond donors (Lipinski definition) is 1. The minimum Gasteiger partial charge on any atom is -0.455 e. The van der Waals surface area contributed by atoms with Crippen LogP contribution in [-0.2, 0) is 0 Å². The molecule has 3 aromatic rings. The molecule has 0 bridgehead atoms. The molecule has 0 aliphatic heterocycles. The molecular weight excluding hydrogens is 274 g/mol. The highest BCUT2D eigenvalue weighted by atomic mass is 16.3. The van der Waals surface area contributed by atoms with E-state index in [1.807, 2.05) is 60.7 Å². The monoisotopic (exact) mass is 287 g/mol. The van der Waals surface area contributed by atoms with Crippen LogP contribution in [0, 0.1) is 11.3 Å². The fraction of sp³-hybridized carbons (Fsp3) is 0. The first-order chi connectivity index (χ1) is 10.9. The Kier molecular flexibility index (Phi) is 3.98. The van der Waals surface area contributed by atoms with Crippen molar-refractivity contribution in [3.63, 3.8) is 0 Å². The van der Waals surface area contributed by atoms with Gasteiger partial charge in [-0.3, -0.25) is 5.43 Å². The number of nitrogens with one attached hydrogen (secondary N) is 1. The summed E-state index contributed by atoms with van der Waals surface area (Å²) >= 11 is 0. The Labute approximate surface area is 128 Å². The molecule has 2 aromatic carbocycles. The summed E-state index contributed by atoms with van der Waals surface area (Å²) in [6.07, 6.45) is 1.60. The van der Waals surface area contributed by atoms with Crippen molar-refractivity contribution in [3.05, 3.63) is 78.1 Å². The summed E-state index contributed by atoms with van der Waals surface area (Å²) in [5.41, 5.74) is 5.19. The largest absolute Gasteiger partial charge is 0.455 e. The van der Waals surface area contributed by atoms with E-state index in [2.05, 4.69) is 16.6 Å². The molecule has 4 heteroatoms. The number of benzene rings is 2. The number of hydrogen-bond acceptors (Lipinski definition) is 4. The van der Waals surface area contributed by atoms with Gasteiger partial charge in [-0.15, -0.1) is 0 Å². The van der Waals surface area contributed by atoms with Crippen molar-refractivity contribution in [1.82, 2.24) is 0 Å². The van der Waals surface area contributed by atoms with Crippen LogP contribution in [0.5, 0.6) is 0 Å². The van der Waals surface area contributed by atoms with Crippen LogP contribution in [0.2, 0.25) is 0 Å². The van der Waals surface area contributed by atoms with E-state index in [-0.39, 0.29) is 0 Å². The second-order valence-electron chi connectivity index (χ2n) is 4.60. The number of nitrogens with zero attached hydrogens (tertiary/aromatic N) is 2. The Morgan fingerprint density at radius 3 is 2.55 bits per heavy atom. The summed E-state index contributed by atoms with van der Waals surface area (Å²) in [4.78, 5) is 0. The number of hydrazone groups is 1. The Morgan fingerprint density at radius 2 is 1.73 bits per heavy atom. The lowest BCUT2D eigenvalue weighted by molar-refractivity contribution is 0.575. The standard InChI is InChI=1S/C18H13N3O/c19-12-14-6-4-5-9-17(14)18-11-10-16(22-18)13-20-21-15-7-2-1-3-8-15/h1-11,13,21H. The van der Waals surface area contributed by atoms with Crippen LogP contribution in [0.25, 0.3) is 11.3 Å². The molecule has 0 spiro atoms. The van der Waals surface area contributed by atoms with Crippen LogP contribution < -0.4 is 5.43 Å². The smallest absolute Gasteiger partial charge is 0.147 e. The average Bonchev–Trinajstić information content (AvgIpc) is 3.04. The van der Waals surface area contributed by atoms with Crippen LogP contribution in [0.3, 0.4) is 0 Å². The van der Waals surface area contributed by atoms with E-state index < -0.39 is 0 Å². The molecule has 0 saturated carbocycles. The molecule has 4 nitrogen and oxygen atoms in total. The fourth-order valence-corrected chi connectivity index (χ4v) is 2.05. The fourth-order valence-electron chi connectivity index (χ4n) is 2.05. The Balaban J connectivity index is 1.76. The Hall–Kier alpha value is -3.32. The Morgan fingerprint density at radius 1 is 0.955 bits per heavy atom. The third kappa shape index (κ3) is 3.05. The van der Waals surface area contributed by atoms with Gasteiger partial charge in [-0.2, -0.15) is 10.4 Å². The maximum absolute atomic E-state index is 9.13. The van der Waals surface area contributed by atoms with Gasteiger partial charge >= 0.3 is 0 Å². The van der Waals surface area contributed by atoms with Gasteiger partial charge in [0.2, 0.25) is 0 Å². The SMILES string of the molecule is N#Cc1ccccc1-c1ccc(C=NNc2ccccc2)o1. The van der Waals surface area contributed by atoms with Gasteiger partial charge in [0.15, 0.2) is 0 Å². The lowest BCUT2D eigenvalue weighted by atomic mass is 10.1. The van der Waals surface area contributed by atoms with Crippen molar-refractivity contribution in [2.45, 2.75) is 0 Å². The third-order valence-electron chi connectivity index (χ3n) is 3.10. The van der Waals surface area contributed by atoms with Crippen LogP contribution in [0.1, 0.15) is 11.3 Å². The number of furan rings is 1. The van der Waals surface area contributed by atoms with E-state index in [1.165, 1.54) is 0 Å². The maximum Gasteiger partial charge on any atom is 0.147 e. The van der Waals surface area contributed by atoms with Gasteiger partial charge in [-0.05, 0) is 36.4 Å². The normalized spacial score (nSPS) is 10.5. The van der Waals surface area contributed by atoms with Crippen LogP contribution in [0.4, 0.5) is 5.69 Å². The molecule has 1 N–H and O–H groups in total. The predicted octanol–water partition coefficient (Wildman–Crippen LogP) is 4.26. The van der Waals surface area contributed by atoms with E-state index in [0.29, 0.717) is 17.1 Å². The molecule has 22 heavy (non-hydrogen) atoms. The van der Waals surface area contributed by atoms with Crippen LogP contribution in [0.15, 0.2) is 76.2 Å². The Bertz CT molecular complexity index is 829. The van der Waals surface area contributed by atoms with Gasteiger partial charge in [-0.25, -0.2) is 0 Å². The molecule has 0 aliphatic rings. The van der Waals surface area contributed by atoms with E-state index >= 15 is 0 Å². The van der Waals surface area contributed by atoms with Crippen molar-refractivity contribution in [2.75, 3.05) is 5.43 Å². The van der Waals surface area contributed by atoms with Crippen molar-refractivity contribution >= 4 is 11.9 Å².